The predicted octanol–water partition coefficient (Wildman–Crippen LogP) is 5.09. The van der Waals surface area contributed by atoms with Gasteiger partial charge >= 0.3 is 0 Å². The van der Waals surface area contributed by atoms with Crippen LogP contribution in [0.5, 0.6) is 0 Å². The van der Waals surface area contributed by atoms with Crippen LogP contribution >= 0.6 is 0 Å². The maximum Gasteiger partial charge on any atom is 0.227 e. The van der Waals surface area contributed by atoms with Gasteiger partial charge in [-0.05, 0) is 42.5 Å². The summed E-state index contributed by atoms with van der Waals surface area (Å²) in [4.78, 5) is 18.2. The highest BCUT2D eigenvalue weighted by Crippen LogP contribution is 2.40. The molecule has 0 spiro atoms. The van der Waals surface area contributed by atoms with Crippen LogP contribution in [-0.4, -0.2) is 15.8 Å². The zero-order valence-electron chi connectivity index (χ0n) is 14.0. The van der Waals surface area contributed by atoms with Gasteiger partial charge in [0.1, 0.15) is 0 Å². The summed E-state index contributed by atoms with van der Waals surface area (Å²) in [6.07, 6.45) is 14.2. The van der Waals surface area contributed by atoms with Gasteiger partial charge in [-0.2, -0.15) is 0 Å². The number of carbonyl (C=O) groups is 1. The molecule has 3 heteroatoms. The molecule has 0 atom stereocenters. The molecule has 0 saturated heterocycles. The summed E-state index contributed by atoms with van der Waals surface area (Å²) >= 11 is 0. The van der Waals surface area contributed by atoms with E-state index in [9.17, 15) is 4.79 Å². The second-order valence-corrected chi connectivity index (χ2v) is 6.73. The molecule has 0 radical (unpaired) electrons. The summed E-state index contributed by atoms with van der Waals surface area (Å²) in [7, 11) is 0. The van der Waals surface area contributed by atoms with Crippen molar-refractivity contribution in [3.05, 3.63) is 53.5 Å². The first kappa shape index (κ1) is 15.1. The smallest absolute Gasteiger partial charge is 0.227 e. The quantitative estimate of drug-likeness (QED) is 0.734. The highest BCUT2D eigenvalue weighted by Gasteiger charge is 2.23. The van der Waals surface area contributed by atoms with Crippen LogP contribution < -0.4 is 0 Å². The Hall–Kier alpha value is -2.42. The first-order valence-corrected chi connectivity index (χ1v) is 8.82. The van der Waals surface area contributed by atoms with Gasteiger partial charge in [0.15, 0.2) is 0 Å². The summed E-state index contributed by atoms with van der Waals surface area (Å²) in [5.74, 6) is 0.599. The lowest BCUT2D eigenvalue weighted by Gasteiger charge is -2.25. The van der Waals surface area contributed by atoms with Crippen LogP contribution in [0.3, 0.4) is 0 Å². The molecule has 1 aromatic carbocycles. The van der Waals surface area contributed by atoms with Gasteiger partial charge in [-0.15, -0.1) is 0 Å². The third-order valence-corrected chi connectivity index (χ3v) is 5.17. The first-order valence-electron chi connectivity index (χ1n) is 8.82. The number of carbonyl (C=O) groups excluding carboxylic acids is 1. The summed E-state index contributed by atoms with van der Waals surface area (Å²) in [6.45, 7) is 1.58. The minimum atomic E-state index is 0.0130. The van der Waals surface area contributed by atoms with Crippen molar-refractivity contribution < 1.29 is 4.79 Å². The summed E-state index contributed by atoms with van der Waals surface area (Å²) in [6, 6.07) is 8.43. The molecule has 2 aliphatic rings. The number of para-hydroxylation sites is 1. The molecule has 0 N–H and O–H groups in total. The maximum atomic E-state index is 11.7. The molecule has 0 unspecified atom stereocenters. The fourth-order valence-corrected chi connectivity index (χ4v) is 3.97. The van der Waals surface area contributed by atoms with Crippen LogP contribution in [0.4, 0.5) is 0 Å². The minimum Gasteiger partial charge on any atom is -0.295 e. The molecular weight excluding hydrogens is 296 g/mol. The van der Waals surface area contributed by atoms with E-state index >= 15 is 0 Å². The monoisotopic (exact) mass is 318 g/mol. The molecule has 122 valence electrons. The van der Waals surface area contributed by atoms with Crippen molar-refractivity contribution in [2.24, 2.45) is 0 Å². The fourth-order valence-electron chi connectivity index (χ4n) is 3.97. The molecule has 1 fully saturated rings. The molecule has 0 bridgehead atoms. The summed E-state index contributed by atoms with van der Waals surface area (Å²) < 4.78 is 0. The maximum absolute atomic E-state index is 11.7. The van der Waals surface area contributed by atoms with Crippen molar-refractivity contribution in [1.82, 2.24) is 9.88 Å². The molecule has 3 nitrogen and oxygen atoms in total. The van der Waals surface area contributed by atoms with Crippen LogP contribution in [0, 0.1) is 0 Å². The molecule has 1 saturated carbocycles. The largest absolute Gasteiger partial charge is 0.295 e. The number of nitrogens with zero attached hydrogens (tertiary/aromatic N) is 2. The Morgan fingerprint density at radius 1 is 1.08 bits per heavy atom. The molecule has 1 aliphatic heterocycles. The lowest BCUT2D eigenvalue weighted by molar-refractivity contribution is -0.124. The van der Waals surface area contributed by atoms with Crippen molar-refractivity contribution in [2.75, 3.05) is 0 Å². The molecule has 24 heavy (non-hydrogen) atoms. The third-order valence-electron chi connectivity index (χ3n) is 5.17. The Labute approximate surface area is 142 Å². The zero-order chi connectivity index (χ0) is 16.5. The number of pyridine rings is 1. The molecular formula is C21H22N2O. The third kappa shape index (κ3) is 2.64. The van der Waals surface area contributed by atoms with E-state index in [-0.39, 0.29) is 5.91 Å². The highest BCUT2D eigenvalue weighted by molar-refractivity contribution is 5.90. The molecule has 2 heterocycles. The SMILES string of the molecule is CC(=O)N1C=Cc2nc3ccccc3c(C3CCCCC3)c2C=C1. The number of amides is 1. The van der Waals surface area contributed by atoms with Crippen LogP contribution in [0.15, 0.2) is 36.7 Å². The zero-order valence-corrected chi connectivity index (χ0v) is 14.0. The number of fused-ring (bicyclic) bond motifs is 2. The molecule has 1 amide bonds. The van der Waals surface area contributed by atoms with Crippen molar-refractivity contribution >= 4 is 29.0 Å². The lowest BCUT2D eigenvalue weighted by Crippen LogP contribution is -2.14. The Bertz CT molecular complexity index is 844. The number of hydrogen-bond acceptors (Lipinski definition) is 2. The van der Waals surface area contributed by atoms with E-state index in [2.05, 4.69) is 24.3 Å². The Balaban J connectivity index is 1.94. The van der Waals surface area contributed by atoms with E-state index in [1.165, 1.54) is 48.6 Å². The van der Waals surface area contributed by atoms with Gasteiger partial charge in [-0.25, -0.2) is 4.98 Å². The molecule has 1 aliphatic carbocycles. The summed E-state index contributed by atoms with van der Waals surface area (Å²) in [5.41, 5.74) is 4.61. The average Bonchev–Trinajstić information content (AvgIpc) is 2.83. The van der Waals surface area contributed by atoms with Gasteiger partial charge in [0, 0.05) is 30.3 Å². The standard InChI is InChI=1S/C21H22N2O/c1-15(24)23-13-11-18-20(12-14-23)22-19-10-6-5-9-17(19)21(18)16-7-3-2-4-8-16/h5-6,9-14,16H,2-4,7-8H2,1H3. The molecule has 1 aromatic heterocycles. The van der Waals surface area contributed by atoms with Crippen LogP contribution in [-0.2, 0) is 4.79 Å². The first-order chi connectivity index (χ1) is 11.7. The van der Waals surface area contributed by atoms with E-state index in [1.54, 1.807) is 11.8 Å². The average molecular weight is 318 g/mol. The van der Waals surface area contributed by atoms with E-state index < -0.39 is 0 Å². The number of hydrogen-bond donors (Lipinski definition) is 0. The van der Waals surface area contributed by atoms with Gasteiger partial charge < -0.3 is 0 Å². The minimum absolute atomic E-state index is 0.0130. The number of benzene rings is 1. The van der Waals surface area contributed by atoms with Gasteiger partial charge in [-0.3, -0.25) is 9.69 Å². The topological polar surface area (TPSA) is 33.2 Å². The Morgan fingerprint density at radius 2 is 1.83 bits per heavy atom. The number of rotatable bonds is 1. The summed E-state index contributed by atoms with van der Waals surface area (Å²) in [5, 5.41) is 1.26. The highest BCUT2D eigenvalue weighted by atomic mass is 16.2. The van der Waals surface area contributed by atoms with E-state index in [1.807, 2.05) is 24.5 Å². The van der Waals surface area contributed by atoms with Crippen molar-refractivity contribution in [3.8, 4) is 0 Å². The fraction of sp³-hybridized carbons (Fsp3) is 0.333. The van der Waals surface area contributed by atoms with E-state index in [4.69, 9.17) is 4.98 Å². The van der Waals surface area contributed by atoms with Gasteiger partial charge in [0.25, 0.3) is 0 Å². The molecule has 2 aromatic rings. The van der Waals surface area contributed by atoms with Crippen LogP contribution in [0.1, 0.15) is 61.8 Å². The van der Waals surface area contributed by atoms with Gasteiger partial charge in [0.2, 0.25) is 5.91 Å². The molecule has 4 rings (SSSR count). The Kier molecular flexibility index (Phi) is 3.93. The van der Waals surface area contributed by atoms with E-state index in [0.29, 0.717) is 5.92 Å². The van der Waals surface area contributed by atoms with Crippen LogP contribution in [0.25, 0.3) is 23.1 Å². The second-order valence-electron chi connectivity index (χ2n) is 6.73. The van der Waals surface area contributed by atoms with E-state index in [0.717, 1.165) is 11.2 Å². The van der Waals surface area contributed by atoms with Crippen molar-refractivity contribution in [3.63, 3.8) is 0 Å². The van der Waals surface area contributed by atoms with Gasteiger partial charge in [0.05, 0.1) is 11.2 Å². The number of aromatic nitrogens is 1. The second kappa shape index (κ2) is 6.23. The van der Waals surface area contributed by atoms with Crippen molar-refractivity contribution in [1.29, 1.82) is 0 Å². The normalized spacial score (nSPS) is 17.8. The van der Waals surface area contributed by atoms with Crippen molar-refractivity contribution in [2.45, 2.75) is 44.9 Å². The van der Waals surface area contributed by atoms with Crippen LogP contribution in [0.2, 0.25) is 0 Å². The lowest BCUT2D eigenvalue weighted by atomic mass is 9.80. The van der Waals surface area contributed by atoms with Gasteiger partial charge in [-0.1, -0.05) is 37.5 Å². The Morgan fingerprint density at radius 3 is 2.62 bits per heavy atom. The predicted molar refractivity (Wildman–Crippen MR) is 98.2 cm³/mol.